The molecule has 2 N–H and O–H groups in total. The van der Waals surface area contributed by atoms with Crippen molar-refractivity contribution in [2.45, 2.75) is 23.6 Å². The zero-order valence-corrected chi connectivity index (χ0v) is 10.6. The van der Waals surface area contributed by atoms with E-state index in [1.54, 1.807) is 24.3 Å². The van der Waals surface area contributed by atoms with Gasteiger partial charge in [-0.1, -0.05) is 23.9 Å². The maximum Gasteiger partial charge on any atom is 0.129 e. The van der Waals surface area contributed by atoms with Gasteiger partial charge >= 0.3 is 0 Å². The van der Waals surface area contributed by atoms with Gasteiger partial charge in [-0.05, 0) is 49.2 Å². The lowest BCUT2D eigenvalue weighted by molar-refractivity contribution is 0.462. The highest BCUT2D eigenvalue weighted by Crippen LogP contribution is 2.38. The van der Waals surface area contributed by atoms with Crippen molar-refractivity contribution < 1.29 is 10.2 Å². The molecule has 2 rings (SSSR count). The SMILES string of the molecule is Cc1cc(O)cc(C)c1Sc1ccccc1O. The Morgan fingerprint density at radius 3 is 2.12 bits per heavy atom. The molecule has 17 heavy (non-hydrogen) atoms. The van der Waals surface area contributed by atoms with Crippen LogP contribution in [0, 0.1) is 13.8 Å². The van der Waals surface area contributed by atoms with Crippen LogP contribution in [0.1, 0.15) is 11.1 Å². The topological polar surface area (TPSA) is 40.5 Å². The van der Waals surface area contributed by atoms with Gasteiger partial charge in [-0.3, -0.25) is 0 Å². The van der Waals surface area contributed by atoms with Crippen LogP contribution in [-0.4, -0.2) is 10.2 Å². The van der Waals surface area contributed by atoms with E-state index in [9.17, 15) is 10.2 Å². The minimum atomic E-state index is 0.279. The van der Waals surface area contributed by atoms with Gasteiger partial charge in [0.15, 0.2) is 0 Å². The van der Waals surface area contributed by atoms with Gasteiger partial charge in [0.2, 0.25) is 0 Å². The van der Waals surface area contributed by atoms with Crippen LogP contribution < -0.4 is 0 Å². The van der Waals surface area contributed by atoms with Crippen molar-refractivity contribution in [3.05, 3.63) is 47.5 Å². The summed E-state index contributed by atoms with van der Waals surface area (Å²) in [7, 11) is 0. The van der Waals surface area contributed by atoms with Crippen LogP contribution in [0.2, 0.25) is 0 Å². The third kappa shape index (κ3) is 2.56. The quantitative estimate of drug-likeness (QED) is 0.845. The number of hydrogen-bond acceptors (Lipinski definition) is 3. The molecular weight excluding hydrogens is 232 g/mol. The third-order valence-electron chi connectivity index (χ3n) is 2.52. The molecule has 3 heteroatoms. The number of rotatable bonds is 2. The van der Waals surface area contributed by atoms with E-state index in [-0.39, 0.29) is 11.5 Å². The summed E-state index contributed by atoms with van der Waals surface area (Å²) >= 11 is 1.52. The van der Waals surface area contributed by atoms with Crippen molar-refractivity contribution in [2.75, 3.05) is 0 Å². The Morgan fingerprint density at radius 1 is 0.941 bits per heavy atom. The number of benzene rings is 2. The van der Waals surface area contributed by atoms with Gasteiger partial charge in [0.25, 0.3) is 0 Å². The van der Waals surface area contributed by atoms with E-state index in [2.05, 4.69) is 0 Å². The van der Waals surface area contributed by atoms with E-state index in [4.69, 9.17) is 0 Å². The van der Waals surface area contributed by atoms with E-state index in [0.29, 0.717) is 0 Å². The Morgan fingerprint density at radius 2 is 1.53 bits per heavy atom. The van der Waals surface area contributed by atoms with Crippen molar-refractivity contribution in [2.24, 2.45) is 0 Å². The lowest BCUT2D eigenvalue weighted by atomic mass is 10.1. The summed E-state index contributed by atoms with van der Waals surface area (Å²) < 4.78 is 0. The Kier molecular flexibility index (Phi) is 3.29. The van der Waals surface area contributed by atoms with Crippen molar-refractivity contribution in [3.8, 4) is 11.5 Å². The van der Waals surface area contributed by atoms with Crippen LogP contribution >= 0.6 is 11.8 Å². The predicted octanol–water partition coefficient (Wildman–Crippen LogP) is 3.87. The second-order valence-electron chi connectivity index (χ2n) is 3.98. The fourth-order valence-electron chi connectivity index (χ4n) is 1.74. The first-order valence-electron chi connectivity index (χ1n) is 5.34. The zero-order chi connectivity index (χ0) is 12.4. The summed E-state index contributed by atoms with van der Waals surface area (Å²) in [5.74, 6) is 0.561. The van der Waals surface area contributed by atoms with E-state index in [1.807, 2.05) is 26.0 Å². The summed E-state index contributed by atoms with van der Waals surface area (Å²) in [6.07, 6.45) is 0. The number of aromatic hydroxyl groups is 2. The minimum absolute atomic E-state index is 0.279. The molecule has 2 aromatic carbocycles. The maximum atomic E-state index is 9.74. The van der Waals surface area contributed by atoms with Crippen LogP contribution in [-0.2, 0) is 0 Å². The van der Waals surface area contributed by atoms with Crippen molar-refractivity contribution in [3.63, 3.8) is 0 Å². The second kappa shape index (κ2) is 4.72. The molecule has 0 heterocycles. The lowest BCUT2D eigenvalue weighted by Crippen LogP contribution is -1.85. The highest BCUT2D eigenvalue weighted by molar-refractivity contribution is 7.99. The monoisotopic (exact) mass is 246 g/mol. The molecular formula is C14H14O2S. The summed E-state index contributed by atoms with van der Waals surface area (Å²) in [6, 6.07) is 10.7. The maximum absolute atomic E-state index is 9.74. The molecule has 2 aromatic rings. The Balaban J connectivity index is 2.40. The number of aryl methyl sites for hydroxylation is 2. The first kappa shape index (κ1) is 11.9. The smallest absolute Gasteiger partial charge is 0.129 e. The molecule has 0 aromatic heterocycles. The summed E-state index contributed by atoms with van der Waals surface area (Å²) in [5, 5.41) is 19.2. The van der Waals surface area contributed by atoms with Gasteiger partial charge < -0.3 is 10.2 Å². The number of hydrogen-bond donors (Lipinski definition) is 2. The fraction of sp³-hybridized carbons (Fsp3) is 0.143. The van der Waals surface area contributed by atoms with E-state index < -0.39 is 0 Å². The van der Waals surface area contributed by atoms with E-state index in [1.165, 1.54) is 11.8 Å². The highest BCUT2D eigenvalue weighted by atomic mass is 32.2. The molecule has 2 nitrogen and oxygen atoms in total. The molecule has 0 fully saturated rings. The van der Waals surface area contributed by atoms with Crippen LogP contribution in [0.25, 0.3) is 0 Å². The van der Waals surface area contributed by atoms with Crippen molar-refractivity contribution in [1.29, 1.82) is 0 Å². The predicted molar refractivity (Wildman–Crippen MR) is 69.8 cm³/mol. The van der Waals surface area contributed by atoms with Crippen LogP contribution in [0.15, 0.2) is 46.2 Å². The largest absolute Gasteiger partial charge is 0.508 e. The standard InChI is InChI=1S/C14H14O2S/c1-9-7-11(15)8-10(2)14(9)17-13-6-4-3-5-12(13)16/h3-8,15-16H,1-2H3. The third-order valence-corrected chi connectivity index (χ3v) is 3.94. The Hall–Kier alpha value is -1.61. The molecule has 0 aliphatic carbocycles. The molecule has 0 radical (unpaired) electrons. The Bertz CT molecular complexity index is 527. The van der Waals surface area contributed by atoms with Gasteiger partial charge in [0, 0.05) is 4.90 Å². The molecule has 88 valence electrons. The van der Waals surface area contributed by atoms with Gasteiger partial charge in [-0.15, -0.1) is 0 Å². The summed E-state index contributed by atoms with van der Waals surface area (Å²) in [6.45, 7) is 3.91. The summed E-state index contributed by atoms with van der Waals surface area (Å²) in [4.78, 5) is 1.90. The molecule has 0 saturated carbocycles. The number of para-hydroxylation sites is 1. The fourth-order valence-corrected chi connectivity index (χ4v) is 2.72. The van der Waals surface area contributed by atoms with Crippen LogP contribution in [0.5, 0.6) is 11.5 Å². The summed E-state index contributed by atoms with van der Waals surface area (Å²) in [5.41, 5.74) is 2.02. The number of phenolic OH excluding ortho intramolecular Hbond substituents is 2. The molecule has 0 bridgehead atoms. The molecule has 0 aliphatic rings. The second-order valence-corrected chi connectivity index (χ2v) is 5.03. The van der Waals surface area contributed by atoms with Crippen LogP contribution in [0.4, 0.5) is 0 Å². The van der Waals surface area contributed by atoms with E-state index >= 15 is 0 Å². The van der Waals surface area contributed by atoms with Gasteiger partial charge in [-0.2, -0.15) is 0 Å². The molecule has 0 unspecified atom stereocenters. The van der Waals surface area contributed by atoms with Gasteiger partial charge in [0.05, 0.1) is 4.90 Å². The van der Waals surface area contributed by atoms with Crippen molar-refractivity contribution in [1.82, 2.24) is 0 Å². The average Bonchev–Trinajstić information content (AvgIpc) is 2.25. The molecule has 0 atom stereocenters. The molecule has 0 aliphatic heterocycles. The molecule has 0 amide bonds. The van der Waals surface area contributed by atoms with Gasteiger partial charge in [0.1, 0.15) is 11.5 Å². The molecule has 0 spiro atoms. The Labute approximate surface area is 105 Å². The van der Waals surface area contributed by atoms with E-state index in [0.717, 1.165) is 20.9 Å². The molecule has 0 saturated heterocycles. The lowest BCUT2D eigenvalue weighted by Gasteiger charge is -2.10. The zero-order valence-electron chi connectivity index (χ0n) is 9.77. The van der Waals surface area contributed by atoms with Gasteiger partial charge in [-0.25, -0.2) is 0 Å². The normalized spacial score (nSPS) is 10.5. The number of phenols is 2. The minimum Gasteiger partial charge on any atom is -0.508 e. The van der Waals surface area contributed by atoms with Crippen LogP contribution in [0.3, 0.4) is 0 Å². The van der Waals surface area contributed by atoms with Crippen molar-refractivity contribution >= 4 is 11.8 Å². The highest BCUT2D eigenvalue weighted by Gasteiger charge is 2.09. The first-order valence-corrected chi connectivity index (χ1v) is 6.15. The first-order chi connectivity index (χ1) is 8.08. The average molecular weight is 246 g/mol.